The monoisotopic (exact) mass is 257 g/mol. The summed E-state index contributed by atoms with van der Waals surface area (Å²) in [7, 11) is -0.817. The predicted octanol–water partition coefficient (Wildman–Crippen LogP) is 1.70. The molecule has 2 N–H and O–H groups in total. The Morgan fingerprint density at radius 1 is 1.47 bits per heavy atom. The van der Waals surface area contributed by atoms with Crippen LogP contribution < -0.4 is 5.73 Å². The molecule has 0 radical (unpaired) electrons. The molecule has 1 heterocycles. The molecule has 3 unspecified atom stereocenters. The van der Waals surface area contributed by atoms with Gasteiger partial charge in [0.2, 0.25) is 0 Å². The average molecular weight is 257 g/mol. The molecular weight excluding hydrogens is 234 g/mol. The second-order valence-corrected chi connectivity index (χ2v) is 6.82. The van der Waals surface area contributed by atoms with Gasteiger partial charge in [0.05, 0.1) is 12.0 Å². The highest BCUT2D eigenvalue weighted by atomic mass is 32.2. The Kier molecular flexibility index (Phi) is 5.33. The summed E-state index contributed by atoms with van der Waals surface area (Å²) in [6.07, 6.45) is 6.27. The second-order valence-electron chi connectivity index (χ2n) is 5.02. The normalized spacial score (nSPS) is 17.1. The standard InChI is InChI=1S/C12H23N3OS/c1-9(2)5-11(13)12-6-14-8-15(12)7-10(3)17(4)16/h6,8-11H,5,7,13H2,1-4H3. The van der Waals surface area contributed by atoms with Crippen LogP contribution in [0.2, 0.25) is 0 Å². The fraction of sp³-hybridized carbons (Fsp3) is 0.750. The molecule has 0 saturated carbocycles. The van der Waals surface area contributed by atoms with E-state index in [2.05, 4.69) is 18.8 Å². The Balaban J connectivity index is 2.75. The number of hydrogen-bond acceptors (Lipinski definition) is 3. The minimum atomic E-state index is -0.817. The number of nitrogens with zero attached hydrogens (tertiary/aromatic N) is 2. The first kappa shape index (κ1) is 14.4. The van der Waals surface area contributed by atoms with E-state index in [9.17, 15) is 4.21 Å². The highest BCUT2D eigenvalue weighted by molar-refractivity contribution is 7.84. The molecule has 1 aromatic heterocycles. The van der Waals surface area contributed by atoms with Crippen molar-refractivity contribution in [3.8, 4) is 0 Å². The van der Waals surface area contributed by atoms with Crippen molar-refractivity contribution in [1.29, 1.82) is 0 Å². The molecule has 0 aliphatic carbocycles. The lowest BCUT2D eigenvalue weighted by Gasteiger charge is -2.18. The van der Waals surface area contributed by atoms with Gasteiger partial charge in [0.1, 0.15) is 0 Å². The molecule has 1 rings (SSSR count). The third kappa shape index (κ3) is 4.24. The van der Waals surface area contributed by atoms with Crippen molar-refractivity contribution < 1.29 is 4.21 Å². The molecule has 1 aromatic rings. The predicted molar refractivity (Wildman–Crippen MR) is 72.1 cm³/mol. The SMILES string of the molecule is CC(C)CC(N)c1cncn1CC(C)S(C)=O. The first-order valence-corrected chi connectivity index (χ1v) is 7.61. The molecule has 4 nitrogen and oxygen atoms in total. The van der Waals surface area contributed by atoms with E-state index in [0.29, 0.717) is 12.5 Å². The molecule has 0 amide bonds. The van der Waals surface area contributed by atoms with Gasteiger partial charge >= 0.3 is 0 Å². The van der Waals surface area contributed by atoms with Crippen LogP contribution in [0.4, 0.5) is 0 Å². The van der Waals surface area contributed by atoms with E-state index in [1.807, 2.05) is 17.7 Å². The molecule has 5 heteroatoms. The summed E-state index contributed by atoms with van der Waals surface area (Å²) in [6, 6.07) is 0.00925. The maximum absolute atomic E-state index is 11.4. The van der Waals surface area contributed by atoms with Crippen LogP contribution in [0, 0.1) is 5.92 Å². The van der Waals surface area contributed by atoms with Gasteiger partial charge < -0.3 is 10.3 Å². The van der Waals surface area contributed by atoms with Gasteiger partial charge in [-0.15, -0.1) is 0 Å². The zero-order valence-electron chi connectivity index (χ0n) is 11.1. The largest absolute Gasteiger partial charge is 0.332 e. The van der Waals surface area contributed by atoms with Crippen molar-refractivity contribution in [2.75, 3.05) is 6.26 Å². The summed E-state index contributed by atoms with van der Waals surface area (Å²) in [6.45, 7) is 7.01. The number of nitrogens with two attached hydrogens (primary N) is 1. The molecule has 0 aliphatic heterocycles. The first-order valence-electron chi connectivity index (χ1n) is 5.99. The van der Waals surface area contributed by atoms with Gasteiger partial charge in [0.15, 0.2) is 0 Å². The molecule has 17 heavy (non-hydrogen) atoms. The van der Waals surface area contributed by atoms with Crippen LogP contribution in [0.15, 0.2) is 12.5 Å². The fourth-order valence-corrected chi connectivity index (χ4v) is 2.17. The van der Waals surface area contributed by atoms with Crippen LogP contribution in [0.1, 0.15) is 38.9 Å². The highest BCUT2D eigenvalue weighted by Crippen LogP contribution is 2.18. The van der Waals surface area contributed by atoms with Crippen LogP contribution in [-0.2, 0) is 17.3 Å². The Hall–Kier alpha value is -0.680. The third-order valence-electron chi connectivity index (χ3n) is 2.87. The number of imidazole rings is 1. The summed E-state index contributed by atoms with van der Waals surface area (Å²) >= 11 is 0. The zero-order valence-corrected chi connectivity index (χ0v) is 11.9. The van der Waals surface area contributed by atoms with Crippen molar-refractivity contribution in [2.45, 2.75) is 45.0 Å². The molecular formula is C12H23N3OS. The molecule has 3 atom stereocenters. The van der Waals surface area contributed by atoms with Gasteiger partial charge in [-0.3, -0.25) is 4.21 Å². The van der Waals surface area contributed by atoms with Crippen molar-refractivity contribution in [3.05, 3.63) is 18.2 Å². The molecule has 98 valence electrons. The topological polar surface area (TPSA) is 60.9 Å². The van der Waals surface area contributed by atoms with E-state index in [-0.39, 0.29) is 11.3 Å². The van der Waals surface area contributed by atoms with E-state index >= 15 is 0 Å². The lowest BCUT2D eigenvalue weighted by Crippen LogP contribution is -2.22. The Morgan fingerprint density at radius 3 is 2.65 bits per heavy atom. The number of aromatic nitrogens is 2. The van der Waals surface area contributed by atoms with E-state index in [1.54, 1.807) is 12.6 Å². The van der Waals surface area contributed by atoms with E-state index in [0.717, 1.165) is 12.1 Å². The number of hydrogen-bond donors (Lipinski definition) is 1. The highest BCUT2D eigenvalue weighted by Gasteiger charge is 2.15. The van der Waals surface area contributed by atoms with Gasteiger partial charge in [-0.2, -0.15) is 0 Å². The molecule has 0 aromatic carbocycles. The summed E-state index contributed by atoms with van der Waals surface area (Å²) < 4.78 is 13.4. The van der Waals surface area contributed by atoms with Gasteiger partial charge in [-0.25, -0.2) is 4.98 Å². The van der Waals surface area contributed by atoms with E-state index < -0.39 is 10.8 Å². The minimum absolute atomic E-state index is 0.00925. The molecule has 0 aliphatic rings. The number of rotatable bonds is 6. The summed E-state index contributed by atoms with van der Waals surface area (Å²) in [4.78, 5) is 4.15. The van der Waals surface area contributed by atoms with E-state index in [4.69, 9.17) is 5.73 Å². The summed E-state index contributed by atoms with van der Waals surface area (Å²) in [5.74, 6) is 0.561. The van der Waals surface area contributed by atoms with Gasteiger partial charge in [-0.1, -0.05) is 13.8 Å². The lowest BCUT2D eigenvalue weighted by atomic mass is 10.0. The van der Waals surface area contributed by atoms with Gasteiger partial charge in [0.25, 0.3) is 0 Å². The van der Waals surface area contributed by atoms with Crippen molar-refractivity contribution in [1.82, 2.24) is 9.55 Å². The summed E-state index contributed by atoms with van der Waals surface area (Å²) in [5.41, 5.74) is 7.19. The minimum Gasteiger partial charge on any atom is -0.332 e. The fourth-order valence-electron chi connectivity index (χ4n) is 1.80. The molecule has 0 fully saturated rings. The Morgan fingerprint density at radius 2 is 2.12 bits per heavy atom. The van der Waals surface area contributed by atoms with Gasteiger partial charge in [-0.05, 0) is 19.3 Å². The van der Waals surface area contributed by atoms with Crippen LogP contribution in [0.3, 0.4) is 0 Å². The van der Waals surface area contributed by atoms with Crippen molar-refractivity contribution in [3.63, 3.8) is 0 Å². The van der Waals surface area contributed by atoms with Crippen molar-refractivity contribution in [2.24, 2.45) is 11.7 Å². The average Bonchev–Trinajstić information content (AvgIpc) is 2.64. The Labute approximate surface area is 106 Å². The smallest absolute Gasteiger partial charge is 0.0949 e. The molecule has 0 spiro atoms. The molecule has 0 saturated heterocycles. The van der Waals surface area contributed by atoms with Crippen molar-refractivity contribution >= 4 is 10.8 Å². The maximum atomic E-state index is 11.4. The van der Waals surface area contributed by atoms with Crippen LogP contribution in [0.5, 0.6) is 0 Å². The van der Waals surface area contributed by atoms with E-state index in [1.165, 1.54) is 0 Å². The van der Waals surface area contributed by atoms with Gasteiger partial charge in [0, 0.05) is 41.1 Å². The third-order valence-corrected chi connectivity index (χ3v) is 4.15. The van der Waals surface area contributed by atoms with Crippen LogP contribution >= 0.6 is 0 Å². The second kappa shape index (κ2) is 6.31. The van der Waals surface area contributed by atoms with Crippen LogP contribution in [-0.4, -0.2) is 25.3 Å². The quantitative estimate of drug-likeness (QED) is 0.843. The van der Waals surface area contributed by atoms with Crippen LogP contribution in [0.25, 0.3) is 0 Å². The zero-order chi connectivity index (χ0) is 13.0. The lowest BCUT2D eigenvalue weighted by molar-refractivity contribution is 0.482. The Bertz CT molecular complexity index is 376. The molecule has 0 bridgehead atoms. The summed E-state index contributed by atoms with van der Waals surface area (Å²) in [5, 5.41) is 0.120. The maximum Gasteiger partial charge on any atom is 0.0949 e. The first-order chi connectivity index (χ1) is 7.91.